The standard InChI is InChI=1S/C14H22O3/c1-6-17-11(4)13(15)12-8-7-9(2)10(3)14(12)16-5/h7-8,11,13,15H,6H2,1-5H3. The molecule has 0 saturated carbocycles. The highest BCUT2D eigenvalue weighted by molar-refractivity contribution is 5.46. The lowest BCUT2D eigenvalue weighted by Crippen LogP contribution is -2.19. The molecule has 1 rings (SSSR count). The van der Waals surface area contributed by atoms with E-state index < -0.39 is 6.10 Å². The lowest BCUT2D eigenvalue weighted by molar-refractivity contribution is -0.0236. The van der Waals surface area contributed by atoms with Gasteiger partial charge in [0.05, 0.1) is 13.2 Å². The second-order valence-electron chi connectivity index (χ2n) is 4.24. The van der Waals surface area contributed by atoms with Gasteiger partial charge in [-0.2, -0.15) is 0 Å². The second-order valence-corrected chi connectivity index (χ2v) is 4.24. The Bertz CT molecular complexity index is 374. The zero-order valence-electron chi connectivity index (χ0n) is 11.3. The SMILES string of the molecule is CCOC(C)C(O)c1ccc(C)c(C)c1OC. The summed E-state index contributed by atoms with van der Waals surface area (Å²) in [6, 6.07) is 3.90. The van der Waals surface area contributed by atoms with Crippen LogP contribution >= 0.6 is 0 Å². The van der Waals surface area contributed by atoms with Crippen LogP contribution in [0.4, 0.5) is 0 Å². The first-order valence-electron chi connectivity index (χ1n) is 5.96. The van der Waals surface area contributed by atoms with Gasteiger partial charge in [0.25, 0.3) is 0 Å². The number of aliphatic hydroxyl groups excluding tert-OH is 1. The Hall–Kier alpha value is -1.06. The Morgan fingerprint density at radius 3 is 2.47 bits per heavy atom. The van der Waals surface area contributed by atoms with Gasteiger partial charge < -0.3 is 14.6 Å². The monoisotopic (exact) mass is 238 g/mol. The van der Waals surface area contributed by atoms with Crippen LogP contribution in [0.2, 0.25) is 0 Å². The highest BCUT2D eigenvalue weighted by atomic mass is 16.5. The minimum Gasteiger partial charge on any atom is -0.496 e. The number of hydrogen-bond donors (Lipinski definition) is 1. The van der Waals surface area contributed by atoms with E-state index in [0.717, 1.165) is 22.4 Å². The van der Waals surface area contributed by atoms with Crippen LogP contribution in [-0.2, 0) is 4.74 Å². The third kappa shape index (κ3) is 2.99. The first-order chi connectivity index (χ1) is 8.02. The van der Waals surface area contributed by atoms with Crippen LogP contribution in [0, 0.1) is 13.8 Å². The average Bonchev–Trinajstić information content (AvgIpc) is 2.31. The third-order valence-electron chi connectivity index (χ3n) is 3.10. The van der Waals surface area contributed by atoms with Crippen LogP contribution in [0.25, 0.3) is 0 Å². The number of hydrogen-bond acceptors (Lipinski definition) is 3. The molecule has 0 heterocycles. The molecule has 0 bridgehead atoms. The number of aliphatic hydroxyl groups is 1. The normalized spacial score (nSPS) is 14.5. The van der Waals surface area contributed by atoms with E-state index in [1.165, 1.54) is 0 Å². The van der Waals surface area contributed by atoms with Crippen molar-refractivity contribution in [1.29, 1.82) is 0 Å². The lowest BCUT2D eigenvalue weighted by Gasteiger charge is -2.22. The van der Waals surface area contributed by atoms with Crippen molar-refractivity contribution >= 4 is 0 Å². The predicted molar refractivity (Wildman–Crippen MR) is 68.5 cm³/mol. The molecule has 0 aliphatic carbocycles. The molecule has 0 aromatic heterocycles. The highest BCUT2D eigenvalue weighted by Crippen LogP contribution is 2.32. The van der Waals surface area contributed by atoms with Crippen molar-refractivity contribution in [3.63, 3.8) is 0 Å². The molecule has 2 unspecified atom stereocenters. The number of benzene rings is 1. The molecule has 3 heteroatoms. The van der Waals surface area contributed by atoms with Crippen LogP contribution < -0.4 is 4.74 Å². The highest BCUT2D eigenvalue weighted by Gasteiger charge is 2.21. The minimum absolute atomic E-state index is 0.240. The molecule has 0 saturated heterocycles. The molecule has 0 amide bonds. The molecular weight excluding hydrogens is 216 g/mol. The van der Waals surface area contributed by atoms with Gasteiger partial charge in [-0.15, -0.1) is 0 Å². The summed E-state index contributed by atoms with van der Waals surface area (Å²) >= 11 is 0. The fourth-order valence-electron chi connectivity index (χ4n) is 1.92. The summed E-state index contributed by atoms with van der Waals surface area (Å²) in [6.07, 6.45) is -0.903. The van der Waals surface area contributed by atoms with Gasteiger partial charge >= 0.3 is 0 Å². The van der Waals surface area contributed by atoms with Gasteiger partial charge in [-0.1, -0.05) is 12.1 Å². The summed E-state index contributed by atoms with van der Waals surface area (Å²) in [7, 11) is 1.63. The Morgan fingerprint density at radius 1 is 1.29 bits per heavy atom. The number of aryl methyl sites for hydroxylation is 1. The molecule has 96 valence electrons. The van der Waals surface area contributed by atoms with Gasteiger partial charge in [-0.05, 0) is 38.8 Å². The average molecular weight is 238 g/mol. The molecule has 0 spiro atoms. The molecule has 3 nitrogen and oxygen atoms in total. The minimum atomic E-state index is -0.663. The first-order valence-corrected chi connectivity index (χ1v) is 5.96. The van der Waals surface area contributed by atoms with E-state index in [9.17, 15) is 5.11 Å². The Morgan fingerprint density at radius 2 is 1.94 bits per heavy atom. The maximum Gasteiger partial charge on any atom is 0.127 e. The summed E-state index contributed by atoms with van der Waals surface area (Å²) in [5.74, 6) is 0.754. The first kappa shape index (κ1) is 14.0. The topological polar surface area (TPSA) is 38.7 Å². The molecule has 17 heavy (non-hydrogen) atoms. The molecular formula is C14H22O3. The van der Waals surface area contributed by atoms with Gasteiger partial charge in [0.1, 0.15) is 11.9 Å². The van der Waals surface area contributed by atoms with Gasteiger partial charge in [0.2, 0.25) is 0 Å². The fourth-order valence-corrected chi connectivity index (χ4v) is 1.92. The summed E-state index contributed by atoms with van der Waals surface area (Å²) in [6.45, 7) is 8.39. The van der Waals surface area contributed by atoms with Crippen LogP contribution in [0.15, 0.2) is 12.1 Å². The van der Waals surface area contributed by atoms with Gasteiger partial charge in [-0.3, -0.25) is 0 Å². The molecule has 0 fully saturated rings. The number of methoxy groups -OCH3 is 1. The zero-order chi connectivity index (χ0) is 13.0. The van der Waals surface area contributed by atoms with E-state index in [0.29, 0.717) is 6.61 Å². The maximum absolute atomic E-state index is 10.2. The molecule has 1 aromatic rings. The molecule has 1 aromatic carbocycles. The van der Waals surface area contributed by atoms with Crippen molar-refractivity contribution in [1.82, 2.24) is 0 Å². The third-order valence-corrected chi connectivity index (χ3v) is 3.10. The molecule has 1 N–H and O–H groups in total. The van der Waals surface area contributed by atoms with Crippen molar-refractivity contribution in [3.8, 4) is 5.75 Å². The fraction of sp³-hybridized carbons (Fsp3) is 0.571. The van der Waals surface area contributed by atoms with Gasteiger partial charge in [0, 0.05) is 12.2 Å². The smallest absolute Gasteiger partial charge is 0.127 e. The largest absolute Gasteiger partial charge is 0.496 e. The Balaban J connectivity index is 3.09. The molecule has 2 atom stereocenters. The van der Waals surface area contributed by atoms with E-state index in [2.05, 4.69) is 0 Å². The number of rotatable bonds is 5. The molecule has 0 aliphatic heterocycles. The van der Waals surface area contributed by atoms with Crippen molar-refractivity contribution in [2.75, 3.05) is 13.7 Å². The van der Waals surface area contributed by atoms with Crippen molar-refractivity contribution in [2.45, 2.75) is 39.9 Å². The van der Waals surface area contributed by atoms with E-state index in [-0.39, 0.29) is 6.10 Å². The van der Waals surface area contributed by atoms with Crippen LogP contribution in [-0.4, -0.2) is 24.9 Å². The molecule has 0 aliphatic rings. The summed E-state index contributed by atoms with van der Waals surface area (Å²) in [4.78, 5) is 0. The zero-order valence-corrected chi connectivity index (χ0v) is 11.3. The Labute approximate surface area is 103 Å². The summed E-state index contributed by atoms with van der Waals surface area (Å²) in [5.41, 5.74) is 3.01. The van der Waals surface area contributed by atoms with E-state index in [4.69, 9.17) is 9.47 Å². The van der Waals surface area contributed by atoms with Crippen LogP contribution in [0.1, 0.15) is 36.6 Å². The lowest BCUT2D eigenvalue weighted by atomic mass is 9.98. The molecule has 0 radical (unpaired) electrons. The summed E-state index contributed by atoms with van der Waals surface area (Å²) in [5, 5.41) is 10.2. The Kier molecular flexibility index (Phi) is 4.97. The maximum atomic E-state index is 10.2. The van der Waals surface area contributed by atoms with E-state index in [1.54, 1.807) is 7.11 Å². The summed E-state index contributed by atoms with van der Waals surface area (Å²) < 4.78 is 10.8. The van der Waals surface area contributed by atoms with Gasteiger partial charge in [-0.25, -0.2) is 0 Å². The van der Waals surface area contributed by atoms with E-state index in [1.807, 2.05) is 39.8 Å². The second kappa shape index (κ2) is 6.03. The van der Waals surface area contributed by atoms with Gasteiger partial charge in [0.15, 0.2) is 0 Å². The number of ether oxygens (including phenoxy) is 2. The quantitative estimate of drug-likeness (QED) is 0.857. The van der Waals surface area contributed by atoms with Crippen molar-refractivity contribution < 1.29 is 14.6 Å². The van der Waals surface area contributed by atoms with Crippen molar-refractivity contribution in [3.05, 3.63) is 28.8 Å². The van der Waals surface area contributed by atoms with Crippen LogP contribution in [0.3, 0.4) is 0 Å². The predicted octanol–water partition coefficient (Wildman–Crippen LogP) is 2.77. The van der Waals surface area contributed by atoms with E-state index >= 15 is 0 Å². The van der Waals surface area contributed by atoms with Crippen LogP contribution in [0.5, 0.6) is 5.75 Å². The van der Waals surface area contributed by atoms with Crippen molar-refractivity contribution in [2.24, 2.45) is 0 Å².